The number of aromatic amines is 1. The van der Waals surface area contributed by atoms with Crippen molar-refractivity contribution in [3.05, 3.63) is 47.5 Å². The number of furan rings is 1. The Balaban J connectivity index is 2.03. The highest BCUT2D eigenvalue weighted by atomic mass is 16.3. The maximum absolute atomic E-state index is 10.6. The number of hydrogen-bond donors (Lipinski definition) is 3. The number of nitrogens with zero attached hydrogens (tertiary/aromatic N) is 2. The van der Waals surface area contributed by atoms with Gasteiger partial charge < -0.3 is 19.6 Å². The maximum atomic E-state index is 10.6. The Morgan fingerprint density at radius 1 is 1.20 bits per heavy atom. The second kappa shape index (κ2) is 5.44. The van der Waals surface area contributed by atoms with Crippen molar-refractivity contribution < 1.29 is 14.6 Å². The summed E-state index contributed by atoms with van der Waals surface area (Å²) < 4.78 is 7.50. The SMILES string of the molecule is CCc1c(O)c(O)n(-c2ccc3nc[nH]c3c2)c1-c1cc(C)c(C)o1. The standard InChI is InChI=1S/C19H19N3O3/c1-4-13-17(16-7-10(2)11(3)25-16)22(19(24)18(13)23)12-5-6-14-15(8-12)21-9-20-14/h5-9,23-24H,4H2,1-3H3,(H,20,21). The van der Waals surface area contributed by atoms with Crippen LogP contribution in [0.5, 0.6) is 11.6 Å². The molecule has 0 spiro atoms. The lowest BCUT2D eigenvalue weighted by Crippen LogP contribution is -1.97. The van der Waals surface area contributed by atoms with Crippen molar-refractivity contribution in [2.24, 2.45) is 0 Å². The molecule has 0 fully saturated rings. The average Bonchev–Trinajstić information content (AvgIpc) is 3.25. The van der Waals surface area contributed by atoms with Gasteiger partial charge >= 0.3 is 0 Å². The van der Waals surface area contributed by atoms with Gasteiger partial charge in [0.1, 0.15) is 5.76 Å². The van der Waals surface area contributed by atoms with Gasteiger partial charge in [-0.05, 0) is 50.1 Å². The van der Waals surface area contributed by atoms with E-state index in [0.29, 0.717) is 29.1 Å². The quantitative estimate of drug-likeness (QED) is 0.523. The molecule has 0 aliphatic rings. The molecule has 3 aromatic heterocycles. The number of H-pyrrole nitrogens is 1. The van der Waals surface area contributed by atoms with Gasteiger partial charge in [0.2, 0.25) is 5.88 Å². The highest BCUT2D eigenvalue weighted by Gasteiger charge is 2.26. The first-order valence-corrected chi connectivity index (χ1v) is 8.17. The van der Waals surface area contributed by atoms with Crippen LogP contribution in [0.15, 0.2) is 35.0 Å². The first-order chi connectivity index (χ1) is 12.0. The third-order valence-electron chi connectivity index (χ3n) is 4.63. The molecule has 25 heavy (non-hydrogen) atoms. The smallest absolute Gasteiger partial charge is 0.240 e. The van der Waals surface area contributed by atoms with E-state index in [1.807, 2.05) is 45.0 Å². The Kier molecular flexibility index (Phi) is 3.35. The van der Waals surface area contributed by atoms with Gasteiger partial charge in [-0.1, -0.05) is 6.92 Å². The zero-order valence-corrected chi connectivity index (χ0v) is 14.3. The lowest BCUT2D eigenvalue weighted by Gasteiger charge is -2.10. The lowest BCUT2D eigenvalue weighted by molar-refractivity contribution is 0.385. The number of aromatic hydroxyl groups is 2. The molecule has 6 heteroatoms. The first-order valence-electron chi connectivity index (χ1n) is 8.17. The summed E-state index contributed by atoms with van der Waals surface area (Å²) >= 11 is 0. The van der Waals surface area contributed by atoms with Crippen LogP contribution >= 0.6 is 0 Å². The minimum absolute atomic E-state index is 0.117. The van der Waals surface area contributed by atoms with E-state index in [0.717, 1.165) is 22.4 Å². The summed E-state index contributed by atoms with van der Waals surface area (Å²) in [6.45, 7) is 5.80. The number of benzene rings is 1. The summed E-state index contributed by atoms with van der Waals surface area (Å²) in [4.78, 5) is 7.28. The Bertz CT molecular complexity index is 1070. The van der Waals surface area contributed by atoms with E-state index in [-0.39, 0.29) is 11.6 Å². The molecule has 128 valence electrons. The number of hydrogen-bond acceptors (Lipinski definition) is 4. The van der Waals surface area contributed by atoms with E-state index in [1.54, 1.807) is 10.9 Å². The maximum Gasteiger partial charge on any atom is 0.240 e. The highest BCUT2D eigenvalue weighted by Crippen LogP contribution is 2.44. The second-order valence-corrected chi connectivity index (χ2v) is 6.14. The number of fused-ring (bicyclic) bond motifs is 1. The molecular formula is C19H19N3O3. The fourth-order valence-corrected chi connectivity index (χ4v) is 3.19. The molecule has 0 amide bonds. The van der Waals surface area contributed by atoms with Crippen molar-refractivity contribution in [3.63, 3.8) is 0 Å². The molecule has 0 radical (unpaired) electrons. The molecule has 3 heterocycles. The van der Waals surface area contributed by atoms with Crippen molar-refractivity contribution in [2.45, 2.75) is 27.2 Å². The van der Waals surface area contributed by atoms with Gasteiger partial charge in [-0.3, -0.25) is 4.57 Å². The minimum Gasteiger partial charge on any atom is -0.503 e. The summed E-state index contributed by atoms with van der Waals surface area (Å²) in [5.74, 6) is 1.12. The van der Waals surface area contributed by atoms with Crippen molar-refractivity contribution in [3.8, 4) is 28.8 Å². The Hall–Kier alpha value is -3.15. The highest BCUT2D eigenvalue weighted by molar-refractivity contribution is 5.79. The number of aromatic nitrogens is 3. The predicted octanol–water partition coefficient (Wildman–Crippen LogP) is 4.20. The Morgan fingerprint density at radius 3 is 2.68 bits per heavy atom. The molecule has 0 aliphatic heterocycles. The monoisotopic (exact) mass is 337 g/mol. The summed E-state index contributed by atoms with van der Waals surface area (Å²) in [5.41, 5.74) is 4.73. The van der Waals surface area contributed by atoms with Crippen LogP contribution in [0.1, 0.15) is 23.8 Å². The largest absolute Gasteiger partial charge is 0.503 e. The predicted molar refractivity (Wildman–Crippen MR) is 95.3 cm³/mol. The zero-order chi connectivity index (χ0) is 17.7. The molecule has 3 N–H and O–H groups in total. The number of nitrogens with one attached hydrogen (secondary N) is 1. The number of rotatable bonds is 3. The van der Waals surface area contributed by atoms with Crippen LogP contribution in [0, 0.1) is 13.8 Å². The molecule has 0 aliphatic carbocycles. The molecule has 0 bridgehead atoms. The second-order valence-electron chi connectivity index (χ2n) is 6.14. The summed E-state index contributed by atoms with van der Waals surface area (Å²) in [6.07, 6.45) is 2.19. The van der Waals surface area contributed by atoms with Crippen molar-refractivity contribution in [2.75, 3.05) is 0 Å². The van der Waals surface area contributed by atoms with Gasteiger partial charge in [0, 0.05) is 5.56 Å². The zero-order valence-electron chi connectivity index (χ0n) is 14.3. The van der Waals surface area contributed by atoms with Crippen LogP contribution in [0.2, 0.25) is 0 Å². The number of imidazole rings is 1. The molecule has 0 atom stereocenters. The normalized spacial score (nSPS) is 11.5. The van der Waals surface area contributed by atoms with Crippen molar-refractivity contribution >= 4 is 11.0 Å². The van der Waals surface area contributed by atoms with Gasteiger partial charge in [-0.25, -0.2) is 4.98 Å². The molecule has 0 saturated heterocycles. The summed E-state index contributed by atoms with van der Waals surface area (Å²) in [5, 5.41) is 21.0. The van der Waals surface area contributed by atoms with E-state index >= 15 is 0 Å². The third-order valence-corrected chi connectivity index (χ3v) is 4.63. The molecule has 6 nitrogen and oxygen atoms in total. The van der Waals surface area contributed by atoms with Crippen LogP contribution in [-0.4, -0.2) is 24.7 Å². The van der Waals surface area contributed by atoms with Crippen LogP contribution in [0.25, 0.3) is 28.2 Å². The average molecular weight is 337 g/mol. The third kappa shape index (κ3) is 2.21. The molecule has 1 aromatic carbocycles. The summed E-state index contributed by atoms with van der Waals surface area (Å²) in [7, 11) is 0. The van der Waals surface area contributed by atoms with Crippen LogP contribution in [0.4, 0.5) is 0 Å². The van der Waals surface area contributed by atoms with E-state index in [4.69, 9.17) is 4.42 Å². The van der Waals surface area contributed by atoms with Crippen LogP contribution in [-0.2, 0) is 6.42 Å². The van der Waals surface area contributed by atoms with E-state index in [9.17, 15) is 10.2 Å². The minimum atomic E-state index is -0.197. The van der Waals surface area contributed by atoms with E-state index < -0.39 is 0 Å². The van der Waals surface area contributed by atoms with E-state index in [2.05, 4.69) is 9.97 Å². The topological polar surface area (TPSA) is 87.2 Å². The molecule has 4 rings (SSSR count). The van der Waals surface area contributed by atoms with E-state index in [1.165, 1.54) is 0 Å². The van der Waals surface area contributed by atoms with Gasteiger partial charge in [0.05, 0.1) is 28.7 Å². The molecule has 4 aromatic rings. The number of aryl methyl sites for hydroxylation is 2. The molecular weight excluding hydrogens is 318 g/mol. The first kappa shape index (κ1) is 15.4. The Morgan fingerprint density at radius 2 is 2.00 bits per heavy atom. The Labute approximate surface area is 144 Å². The lowest BCUT2D eigenvalue weighted by atomic mass is 10.1. The van der Waals surface area contributed by atoms with Gasteiger partial charge in [0.25, 0.3) is 0 Å². The van der Waals surface area contributed by atoms with Crippen LogP contribution in [0.3, 0.4) is 0 Å². The molecule has 0 unspecified atom stereocenters. The van der Waals surface area contributed by atoms with Crippen molar-refractivity contribution in [1.82, 2.24) is 14.5 Å². The van der Waals surface area contributed by atoms with Crippen LogP contribution < -0.4 is 0 Å². The van der Waals surface area contributed by atoms with Crippen molar-refractivity contribution in [1.29, 1.82) is 0 Å². The van der Waals surface area contributed by atoms with Gasteiger partial charge in [0.15, 0.2) is 11.5 Å². The fraction of sp³-hybridized carbons (Fsp3) is 0.211. The fourth-order valence-electron chi connectivity index (χ4n) is 3.19. The van der Waals surface area contributed by atoms with Gasteiger partial charge in [-0.2, -0.15) is 0 Å². The molecule has 0 saturated carbocycles. The summed E-state index contributed by atoms with van der Waals surface area (Å²) in [6, 6.07) is 7.53. The van der Waals surface area contributed by atoms with Gasteiger partial charge in [-0.15, -0.1) is 0 Å².